The summed E-state index contributed by atoms with van der Waals surface area (Å²) in [7, 11) is 0. The number of carbonyl (C=O) groups is 2. The Morgan fingerprint density at radius 2 is 1.95 bits per heavy atom. The molecule has 4 unspecified atom stereocenters. The molecule has 9 nitrogen and oxygen atoms in total. The van der Waals surface area contributed by atoms with Crippen molar-refractivity contribution < 1.29 is 39.9 Å². The maximum Gasteiger partial charge on any atom is 0.364 e. The highest BCUT2D eigenvalue weighted by Crippen LogP contribution is 2.30. The number of aliphatic hydroxyl groups is 4. The van der Waals surface area contributed by atoms with E-state index in [1.54, 1.807) is 0 Å². The Labute approximate surface area is 114 Å². The van der Waals surface area contributed by atoms with Gasteiger partial charge in [0.15, 0.2) is 0 Å². The maximum atomic E-state index is 11.1. The van der Waals surface area contributed by atoms with Crippen molar-refractivity contribution in [2.75, 3.05) is 0 Å². The van der Waals surface area contributed by atoms with Crippen LogP contribution < -0.4 is 5.32 Å². The van der Waals surface area contributed by atoms with E-state index in [4.69, 9.17) is 9.84 Å². The van der Waals surface area contributed by atoms with Gasteiger partial charge in [0.1, 0.15) is 12.2 Å². The number of carboxylic acid groups (broad SMARTS) is 1. The molecule has 1 rings (SSSR count). The fraction of sp³-hybridized carbons (Fsp3) is 0.818. The third kappa shape index (κ3) is 3.44. The zero-order chi connectivity index (χ0) is 15.7. The standard InChI is InChI=1S/C11H19NO8/c1-4(13)8(16)9-7(12-5(2)14)6(15)3-11(19,20-9)10(17)18/h4,6-9,13,15-16,19H,3H2,1-2H3,(H,12,14)(H,17,18)/t4?,6-,7?,8?,9-,11?/m1/s1. The quantitative estimate of drug-likeness (QED) is 0.323. The van der Waals surface area contributed by atoms with Gasteiger partial charge in [-0.3, -0.25) is 4.79 Å². The minimum atomic E-state index is -2.70. The summed E-state index contributed by atoms with van der Waals surface area (Å²) in [5, 5.41) is 50.1. The summed E-state index contributed by atoms with van der Waals surface area (Å²) in [4.78, 5) is 22.1. The lowest BCUT2D eigenvalue weighted by molar-refractivity contribution is -0.293. The van der Waals surface area contributed by atoms with E-state index in [2.05, 4.69) is 5.32 Å². The molecule has 1 aliphatic rings. The van der Waals surface area contributed by atoms with Gasteiger partial charge in [-0.05, 0) is 6.92 Å². The van der Waals surface area contributed by atoms with E-state index < -0.39 is 54.5 Å². The number of aliphatic carboxylic acids is 1. The first-order chi connectivity index (χ1) is 9.08. The van der Waals surface area contributed by atoms with Crippen molar-refractivity contribution in [3.05, 3.63) is 0 Å². The number of carbonyl (C=O) groups excluding carboxylic acids is 1. The van der Waals surface area contributed by atoms with Gasteiger partial charge >= 0.3 is 5.97 Å². The van der Waals surface area contributed by atoms with Crippen molar-refractivity contribution in [3.63, 3.8) is 0 Å². The third-order valence-electron chi connectivity index (χ3n) is 3.12. The van der Waals surface area contributed by atoms with E-state index in [-0.39, 0.29) is 0 Å². The largest absolute Gasteiger partial charge is 0.477 e. The van der Waals surface area contributed by atoms with Crippen LogP contribution >= 0.6 is 0 Å². The highest BCUT2D eigenvalue weighted by molar-refractivity contribution is 5.76. The van der Waals surface area contributed by atoms with Crippen LogP contribution in [0, 0.1) is 0 Å². The Morgan fingerprint density at radius 1 is 1.40 bits per heavy atom. The number of nitrogens with one attached hydrogen (secondary N) is 1. The SMILES string of the molecule is CC(=O)NC1[C@H](C(O)C(C)O)OC(O)(C(=O)O)C[C@H]1O. The molecule has 6 N–H and O–H groups in total. The number of hydrogen-bond acceptors (Lipinski definition) is 7. The number of carboxylic acids is 1. The summed E-state index contributed by atoms with van der Waals surface area (Å²) in [6, 6.07) is -1.16. The van der Waals surface area contributed by atoms with Gasteiger partial charge in [-0.15, -0.1) is 0 Å². The zero-order valence-corrected chi connectivity index (χ0v) is 11.1. The third-order valence-corrected chi connectivity index (χ3v) is 3.12. The first-order valence-corrected chi connectivity index (χ1v) is 6.03. The van der Waals surface area contributed by atoms with Gasteiger partial charge in [-0.2, -0.15) is 0 Å². The molecular formula is C11H19NO8. The van der Waals surface area contributed by atoms with Gasteiger partial charge in [0.25, 0.3) is 5.79 Å². The van der Waals surface area contributed by atoms with E-state index in [0.29, 0.717) is 0 Å². The first-order valence-electron chi connectivity index (χ1n) is 6.03. The monoisotopic (exact) mass is 293 g/mol. The van der Waals surface area contributed by atoms with E-state index in [1.165, 1.54) is 6.92 Å². The normalized spacial score (nSPS) is 37.0. The van der Waals surface area contributed by atoms with Gasteiger partial charge in [-0.1, -0.05) is 0 Å². The van der Waals surface area contributed by atoms with Crippen LogP contribution in [-0.4, -0.2) is 73.7 Å². The number of rotatable bonds is 4. The molecular weight excluding hydrogens is 274 g/mol. The van der Waals surface area contributed by atoms with Gasteiger partial charge in [0.05, 0.1) is 18.2 Å². The maximum absolute atomic E-state index is 11.1. The van der Waals surface area contributed by atoms with Crippen molar-refractivity contribution in [1.29, 1.82) is 0 Å². The second-order valence-electron chi connectivity index (χ2n) is 4.90. The molecule has 6 atom stereocenters. The smallest absolute Gasteiger partial charge is 0.364 e. The Morgan fingerprint density at radius 3 is 2.35 bits per heavy atom. The molecule has 0 aromatic heterocycles. The zero-order valence-electron chi connectivity index (χ0n) is 11.1. The Kier molecular flexibility index (Phi) is 5.05. The first kappa shape index (κ1) is 16.8. The van der Waals surface area contributed by atoms with Crippen molar-refractivity contribution in [3.8, 4) is 0 Å². The minimum absolute atomic E-state index is 0.541. The molecule has 1 fully saturated rings. The fourth-order valence-electron chi connectivity index (χ4n) is 2.08. The molecule has 0 aromatic rings. The van der Waals surface area contributed by atoms with Crippen LogP contribution in [0.2, 0.25) is 0 Å². The van der Waals surface area contributed by atoms with Crippen molar-refractivity contribution in [2.24, 2.45) is 0 Å². The molecule has 20 heavy (non-hydrogen) atoms. The van der Waals surface area contributed by atoms with Crippen LogP contribution in [0.15, 0.2) is 0 Å². The van der Waals surface area contributed by atoms with E-state index >= 15 is 0 Å². The average Bonchev–Trinajstić information content (AvgIpc) is 2.30. The van der Waals surface area contributed by atoms with Gasteiger partial charge < -0.3 is 35.6 Å². The molecule has 116 valence electrons. The summed E-state index contributed by atoms with van der Waals surface area (Å²) in [5.74, 6) is -4.98. The van der Waals surface area contributed by atoms with Crippen LogP contribution in [0.5, 0.6) is 0 Å². The average molecular weight is 293 g/mol. The van der Waals surface area contributed by atoms with Gasteiger partial charge in [0.2, 0.25) is 5.91 Å². The Hall–Kier alpha value is -1.26. The fourth-order valence-corrected chi connectivity index (χ4v) is 2.08. The molecule has 0 aromatic carbocycles. The van der Waals surface area contributed by atoms with Gasteiger partial charge in [0, 0.05) is 13.3 Å². The second-order valence-corrected chi connectivity index (χ2v) is 4.90. The summed E-state index contributed by atoms with van der Waals surface area (Å²) < 4.78 is 4.91. The number of ether oxygens (including phenoxy) is 1. The molecule has 0 aliphatic carbocycles. The highest BCUT2D eigenvalue weighted by Gasteiger charge is 2.53. The van der Waals surface area contributed by atoms with Crippen molar-refractivity contribution in [2.45, 2.75) is 56.5 Å². The van der Waals surface area contributed by atoms with Crippen LogP contribution in [-0.2, 0) is 14.3 Å². The molecule has 0 bridgehead atoms. The van der Waals surface area contributed by atoms with Crippen molar-refractivity contribution in [1.82, 2.24) is 5.32 Å². The Bertz CT molecular complexity index is 387. The topological polar surface area (TPSA) is 157 Å². The Balaban J connectivity index is 3.06. The highest BCUT2D eigenvalue weighted by atomic mass is 16.7. The molecule has 9 heteroatoms. The number of aliphatic hydroxyl groups excluding tert-OH is 3. The number of amides is 1. The predicted molar refractivity (Wildman–Crippen MR) is 63.4 cm³/mol. The lowest BCUT2D eigenvalue weighted by Gasteiger charge is -2.44. The van der Waals surface area contributed by atoms with Crippen LogP contribution in [0.25, 0.3) is 0 Å². The molecule has 1 saturated heterocycles. The summed E-state index contributed by atoms with van der Waals surface area (Å²) in [6.45, 7) is 2.39. The predicted octanol–water partition coefficient (Wildman–Crippen LogP) is -2.84. The summed E-state index contributed by atoms with van der Waals surface area (Å²) >= 11 is 0. The van der Waals surface area contributed by atoms with Crippen LogP contribution in [0.4, 0.5) is 0 Å². The van der Waals surface area contributed by atoms with E-state index in [0.717, 1.165) is 6.92 Å². The van der Waals surface area contributed by atoms with Crippen LogP contribution in [0.1, 0.15) is 20.3 Å². The van der Waals surface area contributed by atoms with Crippen LogP contribution in [0.3, 0.4) is 0 Å². The molecule has 1 amide bonds. The lowest BCUT2D eigenvalue weighted by atomic mass is 9.89. The molecule has 1 aliphatic heterocycles. The molecule has 0 spiro atoms. The summed E-state index contributed by atoms with van der Waals surface area (Å²) in [5.41, 5.74) is 0. The van der Waals surface area contributed by atoms with Crippen molar-refractivity contribution >= 4 is 11.9 Å². The second kappa shape index (κ2) is 6.02. The van der Waals surface area contributed by atoms with Gasteiger partial charge in [-0.25, -0.2) is 4.79 Å². The minimum Gasteiger partial charge on any atom is -0.477 e. The molecule has 0 radical (unpaired) electrons. The van der Waals surface area contributed by atoms with E-state index in [9.17, 15) is 30.0 Å². The molecule has 0 saturated carbocycles. The lowest BCUT2D eigenvalue weighted by Crippen LogP contribution is -2.66. The summed E-state index contributed by atoms with van der Waals surface area (Å²) in [6.07, 6.45) is -6.56. The molecule has 1 heterocycles. The number of hydrogen-bond donors (Lipinski definition) is 6. The van der Waals surface area contributed by atoms with E-state index in [1.807, 2.05) is 0 Å².